The fourth-order valence-corrected chi connectivity index (χ4v) is 1.93. The van der Waals surface area contributed by atoms with Crippen molar-refractivity contribution < 1.29 is 0 Å². The van der Waals surface area contributed by atoms with E-state index in [-0.39, 0.29) is 0 Å². The minimum atomic E-state index is 0.600. The van der Waals surface area contributed by atoms with Gasteiger partial charge in [0.15, 0.2) is 5.82 Å². The maximum absolute atomic E-state index is 4.33. The third-order valence-corrected chi connectivity index (χ3v) is 3.17. The molecule has 0 aliphatic rings. The van der Waals surface area contributed by atoms with Gasteiger partial charge in [0.05, 0.1) is 6.20 Å². The average molecular weight is 313 g/mol. The van der Waals surface area contributed by atoms with Crippen LogP contribution in [0, 0.1) is 0 Å². The molecule has 0 aliphatic heterocycles. The van der Waals surface area contributed by atoms with E-state index in [2.05, 4.69) is 36.1 Å². The summed E-state index contributed by atoms with van der Waals surface area (Å²) in [7, 11) is 0. The summed E-state index contributed by atoms with van der Waals surface area (Å²) in [6.45, 7) is 0. The van der Waals surface area contributed by atoms with Crippen molar-refractivity contribution in [2.24, 2.45) is 0 Å². The van der Waals surface area contributed by atoms with Gasteiger partial charge in [0.1, 0.15) is 5.69 Å². The van der Waals surface area contributed by atoms with Crippen LogP contribution in [0.25, 0.3) is 22.6 Å². The molecule has 2 heterocycles. The van der Waals surface area contributed by atoms with Crippen LogP contribution in [-0.4, -0.2) is 20.2 Å². The van der Waals surface area contributed by atoms with Gasteiger partial charge in [-0.3, -0.25) is 4.98 Å². The molecule has 3 aromatic rings. The molecule has 0 atom stereocenters. The normalized spacial score (nSPS) is 10.4. The molecule has 92 valence electrons. The first-order valence-corrected chi connectivity index (χ1v) is 6.48. The summed E-state index contributed by atoms with van der Waals surface area (Å²) in [4.78, 5) is 8.30. The highest BCUT2D eigenvalue weighted by Crippen LogP contribution is 2.20. The molecule has 0 bridgehead atoms. The molecule has 5 heteroatoms. The fraction of sp³-hybridized carbons (Fsp3) is 0. The number of benzene rings is 1. The second-order valence-electron chi connectivity index (χ2n) is 3.91. The van der Waals surface area contributed by atoms with Crippen molar-refractivity contribution in [1.82, 2.24) is 20.2 Å². The van der Waals surface area contributed by atoms with E-state index in [1.807, 2.05) is 36.4 Å². The van der Waals surface area contributed by atoms with Gasteiger partial charge in [-0.1, -0.05) is 28.1 Å². The van der Waals surface area contributed by atoms with Crippen molar-refractivity contribution in [3.8, 4) is 22.6 Å². The molecule has 1 aromatic carbocycles. The summed E-state index contributed by atoms with van der Waals surface area (Å²) in [6.07, 6.45) is 5.15. The van der Waals surface area contributed by atoms with Gasteiger partial charge in [-0.05, 0) is 24.3 Å². The maximum atomic E-state index is 4.33. The van der Waals surface area contributed by atoms with E-state index in [0.29, 0.717) is 5.82 Å². The van der Waals surface area contributed by atoms with E-state index in [1.165, 1.54) is 0 Å². The molecule has 0 unspecified atom stereocenters. The molecule has 0 fully saturated rings. The van der Waals surface area contributed by atoms with E-state index in [0.717, 1.165) is 21.3 Å². The lowest BCUT2D eigenvalue weighted by Gasteiger charge is -2.01. The van der Waals surface area contributed by atoms with Crippen LogP contribution in [0.3, 0.4) is 0 Å². The topological polar surface area (TPSA) is 51.6 Å². The second kappa shape index (κ2) is 5.24. The minimum absolute atomic E-state index is 0.600. The molecule has 19 heavy (non-hydrogen) atoms. The van der Waals surface area contributed by atoms with E-state index in [4.69, 9.17) is 0 Å². The summed E-state index contributed by atoms with van der Waals surface area (Å²) in [5.41, 5.74) is 2.65. The molecule has 0 saturated heterocycles. The Balaban J connectivity index is 1.93. The highest BCUT2D eigenvalue weighted by Gasteiger charge is 2.04. The summed E-state index contributed by atoms with van der Waals surface area (Å²) in [6, 6.07) is 11.6. The van der Waals surface area contributed by atoms with Crippen molar-refractivity contribution in [3.63, 3.8) is 0 Å². The van der Waals surface area contributed by atoms with Gasteiger partial charge in [0.25, 0.3) is 0 Å². The standard InChI is InChI=1S/C14H9BrN4/c15-12-3-1-10(2-4-12)13-9-17-14(19-18-13)11-5-7-16-8-6-11/h1-9H. The second-order valence-corrected chi connectivity index (χ2v) is 4.83. The lowest BCUT2D eigenvalue weighted by Crippen LogP contribution is -1.94. The largest absolute Gasteiger partial charge is 0.265 e. The Labute approximate surface area is 118 Å². The summed E-state index contributed by atoms with van der Waals surface area (Å²) < 4.78 is 1.03. The van der Waals surface area contributed by atoms with Gasteiger partial charge in [0, 0.05) is 28.0 Å². The third kappa shape index (κ3) is 2.66. The maximum Gasteiger partial charge on any atom is 0.181 e. The quantitative estimate of drug-likeness (QED) is 0.728. The Morgan fingerprint density at radius 1 is 0.789 bits per heavy atom. The molecular weight excluding hydrogens is 304 g/mol. The summed E-state index contributed by atoms with van der Waals surface area (Å²) in [5, 5.41) is 8.35. The zero-order chi connectivity index (χ0) is 13.1. The molecule has 0 saturated carbocycles. The minimum Gasteiger partial charge on any atom is -0.265 e. The lowest BCUT2D eigenvalue weighted by molar-refractivity contribution is 0.986. The van der Waals surface area contributed by atoms with Crippen molar-refractivity contribution in [3.05, 3.63) is 59.5 Å². The molecule has 0 N–H and O–H groups in total. The van der Waals surface area contributed by atoms with E-state index >= 15 is 0 Å². The van der Waals surface area contributed by atoms with Gasteiger partial charge in [0.2, 0.25) is 0 Å². The van der Waals surface area contributed by atoms with Gasteiger partial charge in [-0.25, -0.2) is 4.98 Å². The Morgan fingerprint density at radius 3 is 2.16 bits per heavy atom. The zero-order valence-electron chi connectivity index (χ0n) is 9.86. The average Bonchev–Trinajstić information content (AvgIpc) is 2.49. The van der Waals surface area contributed by atoms with Crippen LogP contribution in [0.2, 0.25) is 0 Å². The van der Waals surface area contributed by atoms with Crippen LogP contribution < -0.4 is 0 Å². The molecule has 0 spiro atoms. The lowest BCUT2D eigenvalue weighted by atomic mass is 10.2. The number of rotatable bonds is 2. The van der Waals surface area contributed by atoms with Crippen molar-refractivity contribution in [2.75, 3.05) is 0 Å². The number of hydrogen-bond acceptors (Lipinski definition) is 4. The van der Waals surface area contributed by atoms with Crippen LogP contribution in [0.1, 0.15) is 0 Å². The highest BCUT2D eigenvalue weighted by atomic mass is 79.9. The number of aromatic nitrogens is 4. The van der Waals surface area contributed by atoms with Crippen LogP contribution >= 0.6 is 15.9 Å². The van der Waals surface area contributed by atoms with Crippen molar-refractivity contribution in [1.29, 1.82) is 0 Å². The van der Waals surface area contributed by atoms with Gasteiger partial charge >= 0.3 is 0 Å². The smallest absolute Gasteiger partial charge is 0.181 e. The number of hydrogen-bond donors (Lipinski definition) is 0. The number of nitrogens with zero attached hydrogens (tertiary/aromatic N) is 4. The van der Waals surface area contributed by atoms with Crippen LogP contribution in [0.4, 0.5) is 0 Å². The Morgan fingerprint density at radius 2 is 1.53 bits per heavy atom. The van der Waals surface area contributed by atoms with Crippen molar-refractivity contribution >= 4 is 15.9 Å². The Kier molecular flexibility index (Phi) is 3.29. The van der Waals surface area contributed by atoms with Crippen LogP contribution in [0.15, 0.2) is 59.5 Å². The molecule has 0 aliphatic carbocycles. The van der Waals surface area contributed by atoms with Crippen LogP contribution in [0.5, 0.6) is 0 Å². The highest BCUT2D eigenvalue weighted by molar-refractivity contribution is 9.10. The summed E-state index contributed by atoms with van der Waals surface area (Å²) in [5.74, 6) is 0.600. The first-order valence-electron chi connectivity index (χ1n) is 5.69. The number of halogens is 1. The van der Waals surface area contributed by atoms with Gasteiger partial charge < -0.3 is 0 Å². The molecular formula is C14H9BrN4. The molecule has 4 nitrogen and oxygen atoms in total. The Bertz CT molecular complexity index is 666. The zero-order valence-corrected chi connectivity index (χ0v) is 11.4. The third-order valence-electron chi connectivity index (χ3n) is 2.64. The first-order chi connectivity index (χ1) is 9.33. The van der Waals surface area contributed by atoms with Crippen LogP contribution in [-0.2, 0) is 0 Å². The molecule has 2 aromatic heterocycles. The van der Waals surface area contributed by atoms with Gasteiger partial charge in [-0.2, -0.15) is 0 Å². The Hall–Kier alpha value is -2.14. The summed E-state index contributed by atoms with van der Waals surface area (Å²) >= 11 is 3.40. The first kappa shape index (κ1) is 11.9. The SMILES string of the molecule is Brc1ccc(-c2cnc(-c3ccncc3)nn2)cc1. The fourth-order valence-electron chi connectivity index (χ4n) is 1.66. The molecule has 0 radical (unpaired) electrons. The van der Waals surface area contributed by atoms with Crippen molar-refractivity contribution in [2.45, 2.75) is 0 Å². The van der Waals surface area contributed by atoms with E-state index < -0.39 is 0 Å². The predicted molar refractivity (Wildman–Crippen MR) is 76.2 cm³/mol. The monoisotopic (exact) mass is 312 g/mol. The number of pyridine rings is 1. The molecule has 3 rings (SSSR count). The molecule has 0 amide bonds. The van der Waals surface area contributed by atoms with Gasteiger partial charge in [-0.15, -0.1) is 10.2 Å². The predicted octanol–water partition coefficient (Wildman–Crippen LogP) is 3.36. The van der Waals surface area contributed by atoms with E-state index in [1.54, 1.807) is 18.6 Å². The van der Waals surface area contributed by atoms with E-state index in [9.17, 15) is 0 Å².